The number of nitrogens with one attached hydrogen (secondary N) is 2. The molecule has 190 valence electrons. The molecule has 2 aromatic carbocycles. The number of aliphatic hydroxyl groups excluding tert-OH is 1. The van der Waals surface area contributed by atoms with Gasteiger partial charge in [-0.2, -0.15) is 0 Å². The van der Waals surface area contributed by atoms with E-state index in [4.69, 9.17) is 14.2 Å². The Hall–Kier alpha value is -3.10. The van der Waals surface area contributed by atoms with E-state index in [0.717, 1.165) is 11.1 Å². The van der Waals surface area contributed by atoms with Gasteiger partial charge in [0, 0.05) is 6.54 Å². The summed E-state index contributed by atoms with van der Waals surface area (Å²) in [6.45, 7) is 6.04. The van der Waals surface area contributed by atoms with Gasteiger partial charge >= 0.3 is 12.2 Å². The van der Waals surface area contributed by atoms with Crippen LogP contribution in [0.1, 0.15) is 44.7 Å². The molecule has 3 rings (SSSR count). The molecule has 1 aliphatic heterocycles. The number of hydrogen-bond donors (Lipinski definition) is 3. The monoisotopic (exact) mass is 484 g/mol. The number of hydrogen-bond acceptors (Lipinski definition) is 6. The van der Waals surface area contributed by atoms with Crippen molar-refractivity contribution in [2.45, 2.75) is 76.6 Å². The van der Waals surface area contributed by atoms with Crippen molar-refractivity contribution in [3.8, 4) is 0 Å². The fourth-order valence-corrected chi connectivity index (χ4v) is 3.77. The topological polar surface area (TPSA) is 109 Å². The molecule has 8 nitrogen and oxygen atoms in total. The molecule has 0 aromatic heterocycles. The number of amides is 2. The molecule has 1 heterocycles. The molecule has 4 atom stereocenters. The van der Waals surface area contributed by atoms with Crippen molar-refractivity contribution in [1.29, 1.82) is 0 Å². The predicted octanol–water partition coefficient (Wildman–Crippen LogP) is 3.96. The summed E-state index contributed by atoms with van der Waals surface area (Å²) in [5.74, 6) is 0. The average Bonchev–Trinajstić information content (AvgIpc) is 3.59. The highest BCUT2D eigenvalue weighted by Crippen LogP contribution is 2.31. The molecule has 2 amide bonds. The standard InChI is InChI=1S/C27H36N2O6/c1-27(2,3)35-26(32)29-21(17-19-11-6-4-7-12-19)23(30)24-22(34-24)15-10-16-28-25(31)33-18-20-13-8-5-9-14-20/h4-9,11-14,21-24,30H,10,15-18H2,1-3H3,(H,28,31)(H,29,32)/t21-,22+,23-,24-/m0/s1. The Morgan fingerprint density at radius 3 is 2.26 bits per heavy atom. The summed E-state index contributed by atoms with van der Waals surface area (Å²) >= 11 is 0. The molecule has 0 saturated carbocycles. The minimum absolute atomic E-state index is 0.133. The minimum atomic E-state index is -0.892. The number of alkyl carbamates (subject to hydrolysis) is 2. The van der Waals surface area contributed by atoms with Gasteiger partial charge in [-0.1, -0.05) is 60.7 Å². The van der Waals surface area contributed by atoms with Crippen LogP contribution in [0.4, 0.5) is 9.59 Å². The fourth-order valence-electron chi connectivity index (χ4n) is 3.77. The first-order chi connectivity index (χ1) is 16.7. The number of ether oxygens (including phenoxy) is 3. The molecule has 1 aliphatic rings. The van der Waals surface area contributed by atoms with Crippen molar-refractivity contribution in [3.63, 3.8) is 0 Å². The third-order valence-corrected chi connectivity index (χ3v) is 5.52. The summed E-state index contributed by atoms with van der Waals surface area (Å²) in [5.41, 5.74) is 1.28. The van der Waals surface area contributed by atoms with E-state index in [1.807, 2.05) is 60.7 Å². The molecule has 2 aromatic rings. The fraction of sp³-hybridized carbons (Fsp3) is 0.481. The zero-order valence-electron chi connectivity index (χ0n) is 20.6. The smallest absolute Gasteiger partial charge is 0.407 e. The summed E-state index contributed by atoms with van der Waals surface area (Å²) < 4.78 is 16.3. The molecule has 0 aliphatic carbocycles. The van der Waals surface area contributed by atoms with Crippen molar-refractivity contribution < 1.29 is 28.9 Å². The van der Waals surface area contributed by atoms with Gasteiger partial charge in [0.25, 0.3) is 0 Å². The van der Waals surface area contributed by atoms with Crippen molar-refractivity contribution >= 4 is 12.2 Å². The van der Waals surface area contributed by atoms with Gasteiger partial charge in [-0.25, -0.2) is 9.59 Å². The van der Waals surface area contributed by atoms with E-state index in [0.29, 0.717) is 25.8 Å². The van der Waals surface area contributed by atoms with Crippen LogP contribution in [-0.4, -0.2) is 53.8 Å². The van der Waals surface area contributed by atoms with Crippen LogP contribution in [-0.2, 0) is 27.2 Å². The highest BCUT2D eigenvalue weighted by Gasteiger charge is 2.47. The van der Waals surface area contributed by atoms with Gasteiger partial charge in [-0.3, -0.25) is 0 Å². The maximum atomic E-state index is 12.4. The summed E-state index contributed by atoms with van der Waals surface area (Å²) in [5, 5.41) is 16.5. The summed E-state index contributed by atoms with van der Waals surface area (Å²) in [7, 11) is 0. The van der Waals surface area contributed by atoms with Crippen molar-refractivity contribution in [2.24, 2.45) is 0 Å². The number of epoxide rings is 1. The number of benzene rings is 2. The second-order valence-corrected chi connectivity index (χ2v) is 9.70. The number of aliphatic hydroxyl groups is 1. The minimum Gasteiger partial charge on any atom is -0.445 e. The first-order valence-electron chi connectivity index (χ1n) is 12.0. The molecular formula is C27H36N2O6. The Morgan fingerprint density at radius 1 is 1.00 bits per heavy atom. The maximum absolute atomic E-state index is 12.4. The van der Waals surface area contributed by atoms with E-state index < -0.39 is 29.9 Å². The van der Waals surface area contributed by atoms with Gasteiger partial charge in [0.05, 0.1) is 12.1 Å². The third kappa shape index (κ3) is 9.58. The molecule has 0 radical (unpaired) electrons. The van der Waals surface area contributed by atoms with Gasteiger partial charge in [0.1, 0.15) is 24.4 Å². The van der Waals surface area contributed by atoms with Crippen LogP contribution in [0, 0.1) is 0 Å². The van der Waals surface area contributed by atoms with Gasteiger partial charge in [0.15, 0.2) is 0 Å². The zero-order chi connectivity index (χ0) is 25.3. The van der Waals surface area contributed by atoms with Crippen molar-refractivity contribution in [3.05, 3.63) is 71.8 Å². The number of rotatable bonds is 11. The normalized spacial score (nSPS) is 18.7. The van der Waals surface area contributed by atoms with Crippen LogP contribution in [0.5, 0.6) is 0 Å². The highest BCUT2D eigenvalue weighted by molar-refractivity contribution is 5.68. The Labute approximate surface area is 207 Å². The van der Waals surface area contributed by atoms with Gasteiger partial charge in [0.2, 0.25) is 0 Å². The molecule has 0 spiro atoms. The Balaban J connectivity index is 1.41. The van der Waals surface area contributed by atoms with Crippen LogP contribution in [0.25, 0.3) is 0 Å². The maximum Gasteiger partial charge on any atom is 0.407 e. The van der Waals surface area contributed by atoms with E-state index >= 15 is 0 Å². The first-order valence-corrected chi connectivity index (χ1v) is 12.0. The lowest BCUT2D eigenvalue weighted by molar-refractivity contribution is 0.0387. The zero-order valence-corrected chi connectivity index (χ0v) is 20.6. The Bertz CT molecular complexity index is 932. The van der Waals surface area contributed by atoms with Gasteiger partial charge in [-0.05, 0) is 51.2 Å². The van der Waals surface area contributed by atoms with Crippen LogP contribution >= 0.6 is 0 Å². The molecule has 1 saturated heterocycles. The molecule has 0 unspecified atom stereocenters. The average molecular weight is 485 g/mol. The summed E-state index contributed by atoms with van der Waals surface area (Å²) in [4.78, 5) is 24.2. The van der Waals surface area contributed by atoms with Crippen molar-refractivity contribution in [1.82, 2.24) is 10.6 Å². The number of carbonyl (C=O) groups is 2. The lowest BCUT2D eigenvalue weighted by Crippen LogP contribution is -2.49. The predicted molar refractivity (Wildman–Crippen MR) is 132 cm³/mol. The largest absolute Gasteiger partial charge is 0.445 e. The Kier molecular flexibility index (Phi) is 9.51. The van der Waals surface area contributed by atoms with E-state index in [1.165, 1.54) is 0 Å². The lowest BCUT2D eigenvalue weighted by atomic mass is 9.97. The summed E-state index contributed by atoms with van der Waals surface area (Å²) in [6.07, 6.45) is -0.657. The lowest BCUT2D eigenvalue weighted by Gasteiger charge is -2.26. The molecule has 0 bridgehead atoms. The van der Waals surface area contributed by atoms with E-state index in [9.17, 15) is 14.7 Å². The summed E-state index contributed by atoms with van der Waals surface area (Å²) in [6, 6.07) is 18.6. The van der Waals surface area contributed by atoms with Crippen LogP contribution in [0.2, 0.25) is 0 Å². The molecular weight excluding hydrogens is 448 g/mol. The highest BCUT2D eigenvalue weighted by atomic mass is 16.6. The van der Waals surface area contributed by atoms with Crippen LogP contribution in [0.15, 0.2) is 60.7 Å². The third-order valence-electron chi connectivity index (χ3n) is 5.52. The first kappa shape index (κ1) is 26.5. The van der Waals surface area contributed by atoms with Crippen LogP contribution in [0.3, 0.4) is 0 Å². The van der Waals surface area contributed by atoms with E-state index in [2.05, 4.69) is 10.6 Å². The molecule has 1 fully saturated rings. The Morgan fingerprint density at radius 2 is 1.63 bits per heavy atom. The van der Waals surface area contributed by atoms with Gasteiger partial charge in [-0.15, -0.1) is 0 Å². The second kappa shape index (κ2) is 12.6. The van der Waals surface area contributed by atoms with Crippen LogP contribution < -0.4 is 10.6 Å². The van der Waals surface area contributed by atoms with E-state index in [1.54, 1.807) is 20.8 Å². The molecule has 35 heavy (non-hydrogen) atoms. The molecule has 3 N–H and O–H groups in total. The second-order valence-electron chi connectivity index (χ2n) is 9.70. The number of carbonyl (C=O) groups excluding carboxylic acids is 2. The van der Waals surface area contributed by atoms with E-state index in [-0.39, 0.29) is 18.8 Å². The van der Waals surface area contributed by atoms with Gasteiger partial charge < -0.3 is 30.0 Å². The van der Waals surface area contributed by atoms with Crippen molar-refractivity contribution in [2.75, 3.05) is 6.54 Å². The SMILES string of the molecule is CC(C)(C)OC(=O)N[C@@H](Cc1ccccc1)[C@H](O)[C@H]1O[C@@H]1CCCNC(=O)OCc1ccccc1. The molecule has 8 heteroatoms. The quantitative estimate of drug-likeness (QED) is 0.329.